The Hall–Kier alpha value is -1.66. The average molecular weight is 237 g/mol. The van der Waals surface area contributed by atoms with Gasteiger partial charge in [0.1, 0.15) is 0 Å². The summed E-state index contributed by atoms with van der Waals surface area (Å²) < 4.78 is 6.78. The van der Waals surface area contributed by atoms with E-state index in [1.54, 1.807) is 7.11 Å². The molecule has 5 nitrogen and oxygen atoms in total. The molecule has 0 unspecified atom stereocenters. The first kappa shape index (κ1) is 10.8. The van der Waals surface area contributed by atoms with Crippen molar-refractivity contribution in [1.29, 1.82) is 0 Å². The zero-order valence-corrected chi connectivity index (χ0v) is 9.50. The van der Waals surface area contributed by atoms with Crippen molar-refractivity contribution < 1.29 is 4.74 Å². The van der Waals surface area contributed by atoms with Gasteiger partial charge in [-0.3, -0.25) is 5.10 Å². The fourth-order valence-corrected chi connectivity index (χ4v) is 1.74. The van der Waals surface area contributed by atoms with Gasteiger partial charge in [0.2, 0.25) is 4.77 Å². The maximum atomic E-state index is 11.5. The number of aromatic amines is 2. The highest BCUT2D eigenvalue weighted by molar-refractivity contribution is 7.71. The minimum Gasteiger partial charge on any atom is -0.380 e. The lowest BCUT2D eigenvalue weighted by atomic mass is 10.2. The monoisotopic (exact) mass is 237 g/mol. The molecule has 2 rings (SSSR count). The molecule has 0 spiro atoms. The second-order valence-electron chi connectivity index (χ2n) is 3.30. The lowest BCUT2D eigenvalue weighted by Gasteiger charge is -2.03. The van der Waals surface area contributed by atoms with Crippen molar-refractivity contribution in [2.75, 3.05) is 7.11 Å². The number of hydrogen-bond acceptors (Lipinski definition) is 3. The van der Waals surface area contributed by atoms with Gasteiger partial charge in [0.25, 0.3) is 0 Å². The molecular weight excluding hydrogens is 226 g/mol. The van der Waals surface area contributed by atoms with Gasteiger partial charge in [0.15, 0.2) is 0 Å². The minimum atomic E-state index is -0.278. The van der Waals surface area contributed by atoms with Crippen LogP contribution in [0.5, 0.6) is 0 Å². The van der Waals surface area contributed by atoms with Crippen LogP contribution in [0.1, 0.15) is 5.56 Å². The second-order valence-corrected chi connectivity index (χ2v) is 3.69. The number of nitrogens with zero attached hydrogens (tertiary/aromatic N) is 1. The summed E-state index contributed by atoms with van der Waals surface area (Å²) in [6.07, 6.45) is 0. The Balaban J connectivity index is 2.52. The van der Waals surface area contributed by atoms with Crippen molar-refractivity contribution in [3.8, 4) is 5.69 Å². The summed E-state index contributed by atoms with van der Waals surface area (Å²) in [5, 5.41) is 5.03. The van der Waals surface area contributed by atoms with Gasteiger partial charge >= 0.3 is 5.69 Å². The molecule has 6 heteroatoms. The third-order valence-electron chi connectivity index (χ3n) is 2.16. The Kier molecular flexibility index (Phi) is 3.02. The third kappa shape index (κ3) is 1.98. The number of aromatic nitrogens is 3. The summed E-state index contributed by atoms with van der Waals surface area (Å²) >= 11 is 5.01. The number of hydrogen-bond donors (Lipinski definition) is 2. The summed E-state index contributed by atoms with van der Waals surface area (Å²) in [7, 11) is 1.63. The van der Waals surface area contributed by atoms with Gasteiger partial charge < -0.3 is 4.74 Å². The average Bonchev–Trinajstić information content (AvgIpc) is 2.59. The molecule has 16 heavy (non-hydrogen) atoms. The molecule has 0 amide bonds. The van der Waals surface area contributed by atoms with E-state index in [0.717, 1.165) is 11.3 Å². The molecule has 1 heterocycles. The zero-order chi connectivity index (χ0) is 11.5. The molecule has 0 saturated heterocycles. The minimum absolute atomic E-state index is 0.278. The van der Waals surface area contributed by atoms with Crippen molar-refractivity contribution >= 4 is 12.2 Å². The topological polar surface area (TPSA) is 62.8 Å². The Bertz CT molecular complexity index is 569. The van der Waals surface area contributed by atoms with E-state index in [1.807, 2.05) is 24.3 Å². The maximum Gasteiger partial charge on any atom is 0.347 e. The van der Waals surface area contributed by atoms with Gasteiger partial charge in [-0.2, -0.15) is 0 Å². The smallest absolute Gasteiger partial charge is 0.347 e. The fraction of sp³-hybridized carbons (Fsp3) is 0.200. The molecule has 1 aromatic heterocycles. The first-order valence-electron chi connectivity index (χ1n) is 4.70. The lowest BCUT2D eigenvalue weighted by molar-refractivity contribution is 0.185. The Labute approximate surface area is 96.7 Å². The zero-order valence-electron chi connectivity index (χ0n) is 8.69. The predicted molar refractivity (Wildman–Crippen MR) is 62.3 cm³/mol. The third-order valence-corrected chi connectivity index (χ3v) is 2.45. The number of benzene rings is 1. The van der Waals surface area contributed by atoms with Crippen LogP contribution in [0.4, 0.5) is 0 Å². The molecular formula is C10H11N3O2S. The number of nitrogens with one attached hydrogen (secondary N) is 2. The van der Waals surface area contributed by atoms with Gasteiger partial charge in [0.05, 0.1) is 12.3 Å². The largest absolute Gasteiger partial charge is 0.380 e. The van der Waals surface area contributed by atoms with E-state index < -0.39 is 0 Å². The van der Waals surface area contributed by atoms with Crippen LogP contribution in [0, 0.1) is 4.77 Å². The van der Waals surface area contributed by atoms with Gasteiger partial charge in [-0.15, -0.1) is 0 Å². The van der Waals surface area contributed by atoms with Crippen LogP contribution in [0.2, 0.25) is 0 Å². The summed E-state index contributed by atoms with van der Waals surface area (Å²) in [6, 6.07) is 7.47. The quantitative estimate of drug-likeness (QED) is 0.792. The summed E-state index contributed by atoms with van der Waals surface area (Å²) in [4.78, 5) is 11.5. The van der Waals surface area contributed by atoms with E-state index in [4.69, 9.17) is 17.0 Å². The molecule has 0 fully saturated rings. The Morgan fingerprint density at radius 1 is 1.44 bits per heavy atom. The van der Waals surface area contributed by atoms with Crippen LogP contribution in [0.3, 0.4) is 0 Å². The number of rotatable bonds is 3. The molecule has 0 atom stereocenters. The van der Waals surface area contributed by atoms with Gasteiger partial charge in [0, 0.05) is 7.11 Å². The SMILES string of the molecule is COCc1cccc(-n2c(=O)[nH][nH]c2=S)c1. The molecule has 84 valence electrons. The van der Waals surface area contributed by atoms with Crippen LogP contribution in [0.25, 0.3) is 5.69 Å². The van der Waals surface area contributed by atoms with Crippen LogP contribution < -0.4 is 5.69 Å². The van der Waals surface area contributed by atoms with E-state index in [1.165, 1.54) is 4.57 Å². The molecule has 2 N–H and O–H groups in total. The van der Waals surface area contributed by atoms with Crippen molar-refractivity contribution in [3.05, 3.63) is 45.1 Å². The highest BCUT2D eigenvalue weighted by Crippen LogP contribution is 2.09. The Morgan fingerprint density at radius 2 is 2.25 bits per heavy atom. The van der Waals surface area contributed by atoms with Crippen molar-refractivity contribution in [2.24, 2.45) is 0 Å². The lowest BCUT2D eigenvalue weighted by Crippen LogP contribution is -2.14. The molecule has 0 aliphatic rings. The van der Waals surface area contributed by atoms with E-state index in [0.29, 0.717) is 11.4 Å². The van der Waals surface area contributed by atoms with Crippen LogP contribution >= 0.6 is 12.2 Å². The van der Waals surface area contributed by atoms with Crippen LogP contribution in [-0.4, -0.2) is 21.9 Å². The number of ether oxygens (including phenoxy) is 1. The molecule has 0 saturated carbocycles. The summed E-state index contributed by atoms with van der Waals surface area (Å²) in [5.74, 6) is 0. The predicted octanol–water partition coefficient (Wildman–Crippen LogP) is 1.37. The summed E-state index contributed by atoms with van der Waals surface area (Å²) in [5.41, 5.74) is 1.43. The van der Waals surface area contributed by atoms with Crippen molar-refractivity contribution in [1.82, 2.24) is 14.8 Å². The molecule has 0 aliphatic carbocycles. The van der Waals surface area contributed by atoms with E-state index in [-0.39, 0.29) is 5.69 Å². The molecule has 0 bridgehead atoms. The Morgan fingerprint density at radius 3 is 2.88 bits per heavy atom. The highest BCUT2D eigenvalue weighted by atomic mass is 32.1. The van der Waals surface area contributed by atoms with E-state index in [9.17, 15) is 4.79 Å². The summed E-state index contributed by atoms with van der Waals surface area (Å²) in [6.45, 7) is 0.503. The second kappa shape index (κ2) is 4.46. The maximum absolute atomic E-state index is 11.5. The molecule has 0 radical (unpaired) electrons. The van der Waals surface area contributed by atoms with Crippen molar-refractivity contribution in [2.45, 2.75) is 6.61 Å². The van der Waals surface area contributed by atoms with Gasteiger partial charge in [-0.05, 0) is 29.9 Å². The first-order valence-corrected chi connectivity index (χ1v) is 5.11. The normalized spacial score (nSPS) is 10.6. The van der Waals surface area contributed by atoms with E-state index in [2.05, 4.69) is 10.2 Å². The van der Waals surface area contributed by atoms with Crippen LogP contribution in [-0.2, 0) is 11.3 Å². The molecule has 1 aromatic carbocycles. The molecule has 2 aromatic rings. The van der Waals surface area contributed by atoms with Crippen molar-refractivity contribution in [3.63, 3.8) is 0 Å². The fourth-order valence-electron chi connectivity index (χ4n) is 1.50. The number of H-pyrrole nitrogens is 2. The standard InChI is InChI=1S/C10H11N3O2S/c1-15-6-7-3-2-4-8(5-7)13-9(14)11-12-10(13)16/h2-5H,6H2,1H3,(H,11,14)(H,12,16). The van der Waals surface area contributed by atoms with E-state index >= 15 is 0 Å². The van der Waals surface area contributed by atoms with Gasteiger partial charge in [-0.25, -0.2) is 14.5 Å². The highest BCUT2D eigenvalue weighted by Gasteiger charge is 2.03. The number of methoxy groups -OCH3 is 1. The molecule has 0 aliphatic heterocycles. The van der Waals surface area contributed by atoms with Gasteiger partial charge in [-0.1, -0.05) is 12.1 Å². The first-order chi connectivity index (χ1) is 7.72. The van der Waals surface area contributed by atoms with Crippen LogP contribution in [0.15, 0.2) is 29.1 Å².